The fraction of sp³-hybridized carbons (Fsp3) is 0.211. The molecule has 6 nitrogen and oxygen atoms in total. The van der Waals surface area contributed by atoms with E-state index in [0.29, 0.717) is 16.9 Å². The number of nitriles is 1. The Morgan fingerprint density at radius 1 is 1.08 bits per heavy atom. The van der Waals surface area contributed by atoms with Crippen molar-refractivity contribution in [2.24, 2.45) is 0 Å². The minimum absolute atomic E-state index is 0.117. The molecule has 2 aromatic carbocycles. The Bertz CT molecular complexity index is 821. The highest BCUT2D eigenvalue weighted by atomic mass is 16.6. The lowest BCUT2D eigenvalue weighted by molar-refractivity contribution is -0.141. The number of rotatable bonds is 6. The van der Waals surface area contributed by atoms with Gasteiger partial charge in [-0.3, -0.25) is 4.79 Å². The molecular weight excluding hydrogens is 322 g/mol. The van der Waals surface area contributed by atoms with Gasteiger partial charge in [0.15, 0.2) is 23.4 Å². The lowest BCUT2D eigenvalue weighted by atomic mass is 10.1. The van der Waals surface area contributed by atoms with E-state index in [0.717, 1.165) is 0 Å². The van der Waals surface area contributed by atoms with Crippen LogP contribution < -0.4 is 14.2 Å². The van der Waals surface area contributed by atoms with Crippen LogP contribution in [-0.4, -0.2) is 25.0 Å². The number of ketones is 1. The highest BCUT2D eigenvalue weighted by Gasteiger charge is 2.20. The number of esters is 1. The molecule has 0 amide bonds. The highest BCUT2D eigenvalue weighted by Crippen LogP contribution is 2.29. The summed E-state index contributed by atoms with van der Waals surface area (Å²) < 4.78 is 16.0. The van der Waals surface area contributed by atoms with Crippen LogP contribution in [0.15, 0.2) is 42.5 Å². The van der Waals surface area contributed by atoms with Gasteiger partial charge in [-0.1, -0.05) is 0 Å². The summed E-state index contributed by atoms with van der Waals surface area (Å²) >= 11 is 0. The maximum atomic E-state index is 12.2. The lowest BCUT2D eigenvalue weighted by Crippen LogP contribution is -2.28. The molecule has 0 spiro atoms. The smallest absolute Gasteiger partial charge is 0.352 e. The van der Waals surface area contributed by atoms with E-state index in [-0.39, 0.29) is 17.3 Å². The molecular formula is C19H17NO5. The summed E-state index contributed by atoms with van der Waals surface area (Å²) in [6.45, 7) is 2.99. The summed E-state index contributed by atoms with van der Waals surface area (Å²) in [5, 5.41) is 8.77. The van der Waals surface area contributed by atoms with Crippen LogP contribution in [0, 0.1) is 11.3 Å². The molecule has 6 heteroatoms. The van der Waals surface area contributed by atoms with Crippen molar-refractivity contribution in [3.63, 3.8) is 0 Å². The van der Waals surface area contributed by atoms with Crippen LogP contribution in [0.4, 0.5) is 0 Å². The standard InChI is InChI=1S/C19H17NO5/c1-12(21)15-6-9-17(18(10-15)23-3)25-19(22)13(2)24-16-7-4-14(11-20)5-8-16/h4-10,13H,1-3H3/t13-/m0/s1. The quantitative estimate of drug-likeness (QED) is 0.456. The molecule has 0 aliphatic rings. The number of Topliss-reactive ketones (excluding diaryl/α,β-unsaturated/α-hetero) is 1. The third-order valence-corrected chi connectivity index (χ3v) is 3.41. The van der Waals surface area contributed by atoms with Gasteiger partial charge in [0.2, 0.25) is 0 Å². The maximum Gasteiger partial charge on any atom is 0.352 e. The third-order valence-electron chi connectivity index (χ3n) is 3.41. The first-order valence-electron chi connectivity index (χ1n) is 7.52. The van der Waals surface area contributed by atoms with Crippen molar-refractivity contribution in [3.8, 4) is 23.3 Å². The van der Waals surface area contributed by atoms with Crippen LogP contribution in [0.1, 0.15) is 29.8 Å². The number of benzene rings is 2. The van der Waals surface area contributed by atoms with Crippen molar-refractivity contribution < 1.29 is 23.8 Å². The summed E-state index contributed by atoms with van der Waals surface area (Å²) in [6.07, 6.45) is -0.870. The molecule has 0 radical (unpaired) electrons. The largest absolute Gasteiger partial charge is 0.493 e. The predicted octanol–water partition coefficient (Wildman–Crippen LogP) is 3.14. The molecule has 0 saturated carbocycles. The monoisotopic (exact) mass is 339 g/mol. The number of hydrogen-bond acceptors (Lipinski definition) is 6. The average molecular weight is 339 g/mol. The zero-order valence-corrected chi connectivity index (χ0v) is 14.1. The van der Waals surface area contributed by atoms with Crippen molar-refractivity contribution in [1.29, 1.82) is 5.26 Å². The Morgan fingerprint density at radius 2 is 1.76 bits per heavy atom. The Balaban J connectivity index is 2.07. The zero-order valence-electron chi connectivity index (χ0n) is 14.1. The summed E-state index contributed by atoms with van der Waals surface area (Å²) in [4.78, 5) is 23.6. The molecule has 128 valence electrons. The van der Waals surface area contributed by atoms with Crippen LogP contribution in [0.25, 0.3) is 0 Å². The van der Waals surface area contributed by atoms with Crippen molar-refractivity contribution in [2.75, 3.05) is 7.11 Å². The molecule has 0 aliphatic carbocycles. The van der Waals surface area contributed by atoms with Crippen LogP contribution in [0.5, 0.6) is 17.2 Å². The van der Waals surface area contributed by atoms with Gasteiger partial charge < -0.3 is 14.2 Å². The Kier molecular flexibility index (Phi) is 5.75. The van der Waals surface area contributed by atoms with E-state index in [1.165, 1.54) is 26.2 Å². The molecule has 0 aromatic heterocycles. The van der Waals surface area contributed by atoms with E-state index in [9.17, 15) is 9.59 Å². The van der Waals surface area contributed by atoms with Gasteiger partial charge in [0.1, 0.15) is 5.75 Å². The number of methoxy groups -OCH3 is 1. The van der Waals surface area contributed by atoms with Crippen molar-refractivity contribution >= 4 is 11.8 Å². The number of hydrogen-bond donors (Lipinski definition) is 0. The van der Waals surface area contributed by atoms with E-state index >= 15 is 0 Å². The fourth-order valence-electron chi connectivity index (χ4n) is 2.02. The van der Waals surface area contributed by atoms with E-state index in [4.69, 9.17) is 19.5 Å². The Hall–Kier alpha value is -3.33. The van der Waals surface area contributed by atoms with Gasteiger partial charge in [-0.05, 0) is 56.3 Å². The average Bonchev–Trinajstić information content (AvgIpc) is 2.62. The van der Waals surface area contributed by atoms with E-state index < -0.39 is 12.1 Å². The first kappa shape index (κ1) is 18.0. The van der Waals surface area contributed by atoms with Gasteiger partial charge in [-0.2, -0.15) is 5.26 Å². The predicted molar refractivity (Wildman–Crippen MR) is 89.9 cm³/mol. The summed E-state index contributed by atoms with van der Waals surface area (Å²) in [5.41, 5.74) is 0.955. The van der Waals surface area contributed by atoms with Gasteiger partial charge >= 0.3 is 5.97 Å². The summed E-state index contributed by atoms with van der Waals surface area (Å²) in [5.74, 6) is 0.202. The van der Waals surface area contributed by atoms with E-state index in [2.05, 4.69) is 0 Å². The molecule has 1 atom stereocenters. The van der Waals surface area contributed by atoms with Gasteiger partial charge in [0.25, 0.3) is 0 Å². The van der Waals surface area contributed by atoms with Crippen molar-refractivity contribution in [2.45, 2.75) is 20.0 Å². The summed E-state index contributed by atoms with van der Waals surface area (Å²) in [7, 11) is 1.42. The van der Waals surface area contributed by atoms with Gasteiger partial charge in [0, 0.05) is 5.56 Å². The first-order chi connectivity index (χ1) is 11.9. The Morgan fingerprint density at radius 3 is 2.32 bits per heavy atom. The molecule has 0 fully saturated rings. The summed E-state index contributed by atoms with van der Waals surface area (Å²) in [6, 6.07) is 13.0. The number of carbonyl (C=O) groups excluding carboxylic acids is 2. The van der Waals surface area contributed by atoms with Crippen LogP contribution in [0.3, 0.4) is 0 Å². The molecule has 25 heavy (non-hydrogen) atoms. The van der Waals surface area contributed by atoms with Gasteiger partial charge in [0.05, 0.1) is 18.7 Å². The topological polar surface area (TPSA) is 85.6 Å². The highest BCUT2D eigenvalue weighted by molar-refractivity contribution is 5.94. The second-order valence-corrected chi connectivity index (χ2v) is 5.24. The molecule has 0 saturated heterocycles. The van der Waals surface area contributed by atoms with E-state index in [1.807, 2.05) is 6.07 Å². The number of carbonyl (C=O) groups is 2. The number of ether oxygens (including phenoxy) is 3. The molecule has 0 unspecified atom stereocenters. The van der Waals surface area contributed by atoms with Crippen molar-refractivity contribution in [1.82, 2.24) is 0 Å². The van der Waals surface area contributed by atoms with E-state index in [1.54, 1.807) is 37.3 Å². The SMILES string of the molecule is COc1cc(C(C)=O)ccc1OC(=O)[C@H](C)Oc1ccc(C#N)cc1. The van der Waals surface area contributed by atoms with Crippen LogP contribution in [0.2, 0.25) is 0 Å². The third kappa shape index (κ3) is 4.58. The maximum absolute atomic E-state index is 12.2. The van der Waals surface area contributed by atoms with Gasteiger partial charge in [-0.15, -0.1) is 0 Å². The second-order valence-electron chi connectivity index (χ2n) is 5.24. The van der Waals surface area contributed by atoms with Gasteiger partial charge in [-0.25, -0.2) is 4.79 Å². The molecule has 0 aliphatic heterocycles. The normalized spacial score (nSPS) is 11.1. The number of nitrogens with zero attached hydrogens (tertiary/aromatic N) is 1. The first-order valence-corrected chi connectivity index (χ1v) is 7.52. The van der Waals surface area contributed by atoms with Crippen molar-refractivity contribution in [3.05, 3.63) is 53.6 Å². The zero-order chi connectivity index (χ0) is 18.4. The fourth-order valence-corrected chi connectivity index (χ4v) is 2.02. The minimum atomic E-state index is -0.870. The van der Waals surface area contributed by atoms with Crippen LogP contribution >= 0.6 is 0 Å². The Labute approximate surface area is 145 Å². The molecule has 0 bridgehead atoms. The molecule has 0 N–H and O–H groups in total. The lowest BCUT2D eigenvalue weighted by Gasteiger charge is -2.15. The second kappa shape index (κ2) is 7.97. The molecule has 2 aromatic rings. The van der Waals surface area contributed by atoms with Crippen LogP contribution in [-0.2, 0) is 4.79 Å². The minimum Gasteiger partial charge on any atom is -0.493 e. The molecule has 2 rings (SSSR count). The molecule has 0 heterocycles.